The van der Waals surface area contributed by atoms with Crippen LogP contribution in [0.2, 0.25) is 0 Å². The Labute approximate surface area is 143 Å². The Morgan fingerprint density at radius 2 is 1.17 bits per heavy atom. The second-order valence-corrected chi connectivity index (χ2v) is 7.37. The van der Waals surface area contributed by atoms with Crippen LogP contribution in [-0.4, -0.2) is 26.4 Å². The lowest BCUT2D eigenvalue weighted by atomic mass is 10.0. The van der Waals surface area contributed by atoms with E-state index < -0.39 is 0 Å². The van der Waals surface area contributed by atoms with Crippen molar-refractivity contribution in [3.05, 3.63) is 57.3 Å². The molecule has 0 saturated carbocycles. The van der Waals surface area contributed by atoms with E-state index in [1.807, 2.05) is 11.3 Å². The van der Waals surface area contributed by atoms with Crippen LogP contribution in [0.1, 0.15) is 33.7 Å². The van der Waals surface area contributed by atoms with Gasteiger partial charge in [0.15, 0.2) is 0 Å². The third-order valence-corrected chi connectivity index (χ3v) is 5.45. The zero-order valence-electron chi connectivity index (χ0n) is 13.8. The van der Waals surface area contributed by atoms with Gasteiger partial charge in [0.1, 0.15) is 0 Å². The lowest BCUT2D eigenvalue weighted by Crippen LogP contribution is -2.07. The van der Waals surface area contributed by atoms with E-state index in [0.29, 0.717) is 13.2 Å². The maximum absolute atomic E-state index is 5.67. The number of benzene rings is 1. The molecule has 4 rings (SSSR count). The van der Waals surface area contributed by atoms with Crippen molar-refractivity contribution in [1.82, 2.24) is 0 Å². The fourth-order valence-electron chi connectivity index (χ4n) is 2.90. The summed E-state index contributed by atoms with van der Waals surface area (Å²) in [6.07, 6.45) is 6.77. The minimum absolute atomic E-state index is 0.701. The van der Waals surface area contributed by atoms with E-state index >= 15 is 0 Å². The lowest BCUT2D eigenvalue weighted by Gasteiger charge is -2.06. The van der Waals surface area contributed by atoms with Gasteiger partial charge in [-0.1, -0.05) is 24.3 Å². The first kappa shape index (κ1) is 16.7. The van der Waals surface area contributed by atoms with Crippen molar-refractivity contribution in [2.24, 2.45) is 0 Å². The van der Waals surface area contributed by atoms with Crippen LogP contribution in [0.15, 0.2) is 36.4 Å². The van der Waals surface area contributed by atoms with Crippen LogP contribution in [0.5, 0.6) is 0 Å². The summed E-state index contributed by atoms with van der Waals surface area (Å²) >= 11 is 1.94. The van der Waals surface area contributed by atoms with Crippen molar-refractivity contribution in [2.45, 2.75) is 38.5 Å². The molecule has 1 aromatic heterocycles. The van der Waals surface area contributed by atoms with Crippen molar-refractivity contribution >= 4 is 11.3 Å². The maximum Gasteiger partial charge on any atom is 0.0700 e. The number of ether oxygens (including phenoxy) is 2. The van der Waals surface area contributed by atoms with E-state index in [0.717, 1.165) is 32.5 Å². The Bertz CT molecular complexity index is 574. The first-order valence-electron chi connectivity index (χ1n) is 8.71. The largest absolute Gasteiger partial charge is 0.379 e. The summed E-state index contributed by atoms with van der Waals surface area (Å²) in [5.41, 5.74) is 2.86. The molecule has 2 nitrogen and oxygen atoms in total. The second kappa shape index (κ2) is 9.21. The van der Waals surface area contributed by atoms with Gasteiger partial charge in [0.2, 0.25) is 0 Å². The maximum atomic E-state index is 5.67. The molecule has 2 aliphatic rings. The highest BCUT2D eigenvalue weighted by atomic mass is 32.1. The molecule has 23 heavy (non-hydrogen) atoms. The molecule has 0 atom stereocenters. The van der Waals surface area contributed by atoms with E-state index in [2.05, 4.69) is 36.4 Å². The van der Waals surface area contributed by atoms with E-state index in [-0.39, 0.29) is 0 Å². The Morgan fingerprint density at radius 3 is 1.91 bits per heavy atom. The Balaban J connectivity index is 1.58. The van der Waals surface area contributed by atoms with E-state index in [4.69, 9.17) is 9.47 Å². The minimum Gasteiger partial charge on any atom is -0.379 e. The predicted octanol–water partition coefficient (Wildman–Crippen LogP) is 4.45. The Morgan fingerprint density at radius 1 is 0.565 bits per heavy atom. The normalized spacial score (nSPS) is 18.1. The number of fused-ring (bicyclic) bond motifs is 12. The Kier molecular flexibility index (Phi) is 6.68. The van der Waals surface area contributed by atoms with Crippen LogP contribution in [0.4, 0.5) is 0 Å². The smallest absolute Gasteiger partial charge is 0.0700 e. The lowest BCUT2D eigenvalue weighted by molar-refractivity contribution is 0.0483. The zero-order chi connectivity index (χ0) is 15.7. The zero-order valence-corrected chi connectivity index (χ0v) is 14.6. The fraction of sp³-hybridized carbons (Fsp3) is 0.500. The number of hydrogen-bond acceptors (Lipinski definition) is 3. The molecule has 0 N–H and O–H groups in total. The molecule has 0 fully saturated rings. The third kappa shape index (κ3) is 5.76. The standard InChI is InChI=1S/C20H26O2S/c1-3-17-6-8-18(9-7-17)4-2-13-21-15-16-22-14-12-20-11-10-19(5-1)23-20/h6-11H,1-5,12-16H2. The minimum atomic E-state index is 0.701. The molecule has 0 radical (unpaired) electrons. The SMILES string of the molecule is c1cc2ccc1CCCOCCOCCc1ccc(s1)CCC2. The van der Waals surface area contributed by atoms with E-state index in [1.54, 1.807) is 0 Å². The molecule has 3 heteroatoms. The molecule has 124 valence electrons. The van der Waals surface area contributed by atoms with Gasteiger partial charge >= 0.3 is 0 Å². The molecular weight excluding hydrogens is 304 g/mol. The molecule has 3 heterocycles. The first-order valence-corrected chi connectivity index (χ1v) is 9.53. The van der Waals surface area contributed by atoms with Gasteiger partial charge in [-0.25, -0.2) is 0 Å². The molecule has 4 bridgehead atoms. The van der Waals surface area contributed by atoms with Gasteiger partial charge in [0.05, 0.1) is 19.8 Å². The molecule has 0 unspecified atom stereocenters. The highest BCUT2D eigenvalue weighted by molar-refractivity contribution is 7.11. The number of aryl methyl sites for hydroxylation is 3. The molecule has 0 saturated heterocycles. The van der Waals surface area contributed by atoms with Crippen molar-refractivity contribution in [3.8, 4) is 0 Å². The number of thiophene rings is 1. The molecule has 0 spiro atoms. The van der Waals surface area contributed by atoms with Gasteiger partial charge in [-0.05, 0) is 55.4 Å². The van der Waals surface area contributed by atoms with Crippen LogP contribution in [-0.2, 0) is 35.2 Å². The monoisotopic (exact) mass is 330 g/mol. The van der Waals surface area contributed by atoms with Crippen molar-refractivity contribution in [1.29, 1.82) is 0 Å². The summed E-state index contributed by atoms with van der Waals surface area (Å²) < 4.78 is 11.3. The highest BCUT2D eigenvalue weighted by Gasteiger charge is 2.03. The van der Waals surface area contributed by atoms with Gasteiger partial charge in [-0.15, -0.1) is 11.3 Å². The topological polar surface area (TPSA) is 18.5 Å². The average Bonchev–Trinajstić information content (AvgIpc) is 3.01. The van der Waals surface area contributed by atoms with Gasteiger partial charge < -0.3 is 9.47 Å². The average molecular weight is 330 g/mol. The highest BCUT2D eigenvalue weighted by Crippen LogP contribution is 2.20. The summed E-state index contributed by atoms with van der Waals surface area (Å²) in [5, 5.41) is 0. The molecule has 0 aliphatic carbocycles. The molecule has 0 amide bonds. The Hall–Kier alpha value is -1.16. The summed E-state index contributed by atoms with van der Waals surface area (Å²) in [6.45, 7) is 3.02. The van der Waals surface area contributed by atoms with E-state index in [1.165, 1.54) is 40.1 Å². The van der Waals surface area contributed by atoms with Crippen LogP contribution in [0, 0.1) is 0 Å². The van der Waals surface area contributed by atoms with Crippen LogP contribution in [0.25, 0.3) is 0 Å². The van der Waals surface area contributed by atoms with Gasteiger partial charge in [0, 0.05) is 22.8 Å². The first-order chi connectivity index (χ1) is 11.4. The summed E-state index contributed by atoms with van der Waals surface area (Å²) in [5.74, 6) is 0. The third-order valence-electron chi connectivity index (χ3n) is 4.25. The number of hydrogen-bond donors (Lipinski definition) is 0. The second-order valence-electron chi connectivity index (χ2n) is 6.12. The van der Waals surface area contributed by atoms with Crippen LogP contribution in [0.3, 0.4) is 0 Å². The van der Waals surface area contributed by atoms with Crippen LogP contribution < -0.4 is 0 Å². The van der Waals surface area contributed by atoms with Gasteiger partial charge in [-0.2, -0.15) is 0 Å². The van der Waals surface area contributed by atoms with Gasteiger partial charge in [0.25, 0.3) is 0 Å². The summed E-state index contributed by atoms with van der Waals surface area (Å²) in [6, 6.07) is 13.7. The summed E-state index contributed by atoms with van der Waals surface area (Å²) in [7, 11) is 0. The van der Waals surface area contributed by atoms with Crippen molar-refractivity contribution in [2.75, 3.05) is 26.4 Å². The van der Waals surface area contributed by atoms with Crippen molar-refractivity contribution < 1.29 is 9.47 Å². The quantitative estimate of drug-likeness (QED) is 0.711. The number of rotatable bonds is 0. The predicted molar refractivity (Wildman–Crippen MR) is 96.4 cm³/mol. The molecular formula is C20H26O2S. The van der Waals surface area contributed by atoms with E-state index in [9.17, 15) is 0 Å². The van der Waals surface area contributed by atoms with Crippen molar-refractivity contribution in [3.63, 3.8) is 0 Å². The molecule has 1 aromatic carbocycles. The molecule has 2 aliphatic heterocycles. The summed E-state index contributed by atoms with van der Waals surface area (Å²) in [4.78, 5) is 2.93. The van der Waals surface area contributed by atoms with Crippen LogP contribution >= 0.6 is 11.3 Å². The fourth-order valence-corrected chi connectivity index (χ4v) is 3.94. The van der Waals surface area contributed by atoms with Gasteiger partial charge in [-0.3, -0.25) is 0 Å². The molecule has 2 aromatic rings.